The Morgan fingerprint density at radius 2 is 2.16 bits per heavy atom. The molecule has 0 bridgehead atoms. The highest BCUT2D eigenvalue weighted by molar-refractivity contribution is 6.31. The van der Waals surface area contributed by atoms with E-state index in [-0.39, 0.29) is 12.7 Å². The minimum Gasteiger partial charge on any atom is -0.394 e. The largest absolute Gasteiger partial charge is 0.394 e. The number of hydrogen-bond acceptors (Lipinski definition) is 5. The van der Waals surface area contributed by atoms with Crippen molar-refractivity contribution in [1.82, 2.24) is 9.88 Å². The van der Waals surface area contributed by atoms with Crippen molar-refractivity contribution in [3.05, 3.63) is 22.8 Å². The molecule has 1 aromatic rings. The van der Waals surface area contributed by atoms with Crippen LogP contribution in [0.25, 0.3) is 0 Å². The number of aliphatic hydroxyl groups excluding tert-OH is 1. The summed E-state index contributed by atoms with van der Waals surface area (Å²) in [6.07, 6.45) is 2.20. The van der Waals surface area contributed by atoms with Crippen LogP contribution < -0.4 is 5.73 Å². The molecule has 106 valence electrons. The SMILES string of the molecule is Nc1ccc(Cl)c(CN2CCC(OCCO)CC2)n1. The highest BCUT2D eigenvalue weighted by atomic mass is 35.5. The Morgan fingerprint density at radius 3 is 2.84 bits per heavy atom. The van der Waals surface area contributed by atoms with Gasteiger partial charge >= 0.3 is 0 Å². The van der Waals surface area contributed by atoms with Crippen LogP contribution in [0.4, 0.5) is 5.82 Å². The molecule has 0 atom stereocenters. The van der Waals surface area contributed by atoms with E-state index in [9.17, 15) is 0 Å². The van der Waals surface area contributed by atoms with Crippen LogP contribution in [-0.4, -0.2) is 47.4 Å². The molecule has 0 aromatic carbocycles. The second-order valence-corrected chi connectivity index (χ2v) is 5.14. The van der Waals surface area contributed by atoms with Crippen LogP contribution in [0.1, 0.15) is 18.5 Å². The molecule has 0 saturated carbocycles. The van der Waals surface area contributed by atoms with Crippen molar-refractivity contribution in [1.29, 1.82) is 0 Å². The van der Waals surface area contributed by atoms with Crippen molar-refractivity contribution in [3.8, 4) is 0 Å². The molecule has 3 N–H and O–H groups in total. The first-order valence-corrected chi connectivity index (χ1v) is 6.92. The van der Waals surface area contributed by atoms with E-state index in [1.54, 1.807) is 12.1 Å². The highest BCUT2D eigenvalue weighted by Crippen LogP contribution is 2.20. The monoisotopic (exact) mass is 285 g/mol. The molecule has 0 spiro atoms. The molecule has 1 aromatic heterocycles. The molecule has 1 fully saturated rings. The van der Waals surface area contributed by atoms with Gasteiger partial charge in [-0.25, -0.2) is 4.98 Å². The summed E-state index contributed by atoms with van der Waals surface area (Å²) in [5, 5.41) is 9.39. The third-order valence-corrected chi connectivity index (χ3v) is 3.64. The fourth-order valence-corrected chi connectivity index (χ4v) is 2.44. The van der Waals surface area contributed by atoms with Gasteiger partial charge in [-0.1, -0.05) is 11.6 Å². The standard InChI is InChI=1S/C13H20ClN3O2/c14-11-1-2-13(15)16-12(11)9-17-5-3-10(4-6-17)19-8-7-18/h1-2,10,18H,3-9H2,(H2,15,16). The van der Waals surface area contributed by atoms with E-state index in [0.717, 1.165) is 38.2 Å². The van der Waals surface area contributed by atoms with Gasteiger partial charge in [0.25, 0.3) is 0 Å². The van der Waals surface area contributed by atoms with E-state index < -0.39 is 0 Å². The normalized spacial score (nSPS) is 17.8. The number of hydrogen-bond donors (Lipinski definition) is 2. The topological polar surface area (TPSA) is 71.6 Å². The lowest BCUT2D eigenvalue weighted by molar-refractivity contribution is -0.00917. The minimum atomic E-state index is 0.0863. The quantitative estimate of drug-likeness (QED) is 0.853. The second kappa shape index (κ2) is 7.05. The zero-order valence-corrected chi connectivity index (χ0v) is 11.6. The number of anilines is 1. The van der Waals surface area contributed by atoms with E-state index in [1.807, 2.05) is 0 Å². The van der Waals surface area contributed by atoms with Crippen LogP contribution >= 0.6 is 11.6 Å². The third-order valence-electron chi connectivity index (χ3n) is 3.29. The zero-order chi connectivity index (χ0) is 13.7. The minimum absolute atomic E-state index is 0.0863. The maximum atomic E-state index is 8.73. The van der Waals surface area contributed by atoms with Crippen molar-refractivity contribution < 1.29 is 9.84 Å². The van der Waals surface area contributed by atoms with Gasteiger partial charge in [-0.05, 0) is 25.0 Å². The summed E-state index contributed by atoms with van der Waals surface area (Å²) in [5.74, 6) is 0.501. The smallest absolute Gasteiger partial charge is 0.123 e. The fraction of sp³-hybridized carbons (Fsp3) is 0.615. The fourth-order valence-electron chi connectivity index (χ4n) is 2.28. The van der Waals surface area contributed by atoms with Gasteiger partial charge in [-0.15, -0.1) is 0 Å². The molecule has 0 amide bonds. The molecule has 2 rings (SSSR count). The van der Waals surface area contributed by atoms with Crippen molar-refractivity contribution in [2.24, 2.45) is 0 Å². The van der Waals surface area contributed by atoms with Crippen molar-refractivity contribution in [3.63, 3.8) is 0 Å². The van der Waals surface area contributed by atoms with Gasteiger partial charge in [0.15, 0.2) is 0 Å². The molecular weight excluding hydrogens is 266 g/mol. The molecule has 1 aliphatic rings. The molecule has 6 heteroatoms. The van der Waals surface area contributed by atoms with Gasteiger partial charge < -0.3 is 15.6 Å². The van der Waals surface area contributed by atoms with Gasteiger partial charge in [0.2, 0.25) is 0 Å². The molecule has 2 heterocycles. The van der Waals surface area contributed by atoms with Gasteiger partial charge in [-0.3, -0.25) is 4.90 Å². The predicted molar refractivity (Wildman–Crippen MR) is 75.0 cm³/mol. The summed E-state index contributed by atoms with van der Waals surface area (Å²) in [7, 11) is 0. The number of nitrogens with two attached hydrogens (primary N) is 1. The maximum absolute atomic E-state index is 8.73. The first-order chi connectivity index (χ1) is 9.19. The number of likely N-dealkylation sites (tertiary alicyclic amines) is 1. The first kappa shape index (κ1) is 14.5. The van der Waals surface area contributed by atoms with Crippen molar-refractivity contribution >= 4 is 17.4 Å². The van der Waals surface area contributed by atoms with E-state index in [2.05, 4.69) is 9.88 Å². The summed E-state index contributed by atoms with van der Waals surface area (Å²) in [5.41, 5.74) is 6.51. The Morgan fingerprint density at radius 1 is 1.42 bits per heavy atom. The lowest BCUT2D eigenvalue weighted by Gasteiger charge is -2.31. The van der Waals surface area contributed by atoms with Gasteiger partial charge in [0.1, 0.15) is 5.82 Å². The summed E-state index contributed by atoms with van der Waals surface area (Å²) < 4.78 is 5.54. The molecule has 1 aliphatic heterocycles. The van der Waals surface area contributed by atoms with Crippen LogP contribution in [-0.2, 0) is 11.3 Å². The number of nitrogen functional groups attached to an aromatic ring is 1. The van der Waals surface area contributed by atoms with E-state index in [0.29, 0.717) is 17.4 Å². The Hall–Kier alpha value is -0.880. The van der Waals surface area contributed by atoms with Crippen molar-refractivity contribution in [2.45, 2.75) is 25.5 Å². The Labute approximate surface area is 118 Å². The van der Waals surface area contributed by atoms with Gasteiger partial charge in [0.05, 0.1) is 30.0 Å². The average Bonchev–Trinajstić information content (AvgIpc) is 2.42. The predicted octanol–water partition coefficient (Wildman–Crippen LogP) is 1.29. The van der Waals surface area contributed by atoms with E-state index >= 15 is 0 Å². The zero-order valence-electron chi connectivity index (χ0n) is 10.9. The number of nitrogens with zero attached hydrogens (tertiary/aromatic N) is 2. The van der Waals surface area contributed by atoms with Gasteiger partial charge in [0, 0.05) is 19.6 Å². The molecule has 0 radical (unpaired) electrons. The molecule has 1 saturated heterocycles. The van der Waals surface area contributed by atoms with Crippen molar-refractivity contribution in [2.75, 3.05) is 32.0 Å². The summed E-state index contributed by atoms with van der Waals surface area (Å²) in [4.78, 5) is 6.57. The number of ether oxygens (including phenoxy) is 1. The lowest BCUT2D eigenvalue weighted by atomic mass is 10.1. The van der Waals surface area contributed by atoms with Crippen LogP contribution in [0.5, 0.6) is 0 Å². The van der Waals surface area contributed by atoms with E-state index in [4.69, 9.17) is 27.2 Å². The maximum Gasteiger partial charge on any atom is 0.123 e. The second-order valence-electron chi connectivity index (χ2n) is 4.73. The number of aromatic nitrogens is 1. The number of halogens is 1. The summed E-state index contributed by atoms with van der Waals surface area (Å²) in [6.45, 7) is 3.12. The van der Waals surface area contributed by atoms with E-state index in [1.165, 1.54) is 0 Å². The lowest BCUT2D eigenvalue weighted by Crippen LogP contribution is -2.37. The number of pyridine rings is 1. The van der Waals surface area contributed by atoms with Crippen LogP contribution in [0.3, 0.4) is 0 Å². The molecule has 0 unspecified atom stereocenters. The highest BCUT2D eigenvalue weighted by Gasteiger charge is 2.20. The number of piperidine rings is 1. The molecule has 0 aliphatic carbocycles. The third kappa shape index (κ3) is 4.31. The summed E-state index contributed by atoms with van der Waals surface area (Å²) >= 11 is 6.12. The van der Waals surface area contributed by atoms with Crippen LogP contribution in [0.2, 0.25) is 5.02 Å². The average molecular weight is 286 g/mol. The Balaban J connectivity index is 1.83. The molecular formula is C13H20ClN3O2. The molecule has 5 nitrogen and oxygen atoms in total. The Bertz CT molecular complexity index is 409. The van der Waals surface area contributed by atoms with Gasteiger partial charge in [-0.2, -0.15) is 0 Å². The Kier molecular flexibility index (Phi) is 5.39. The molecule has 19 heavy (non-hydrogen) atoms. The number of aliphatic hydroxyl groups is 1. The van der Waals surface area contributed by atoms with Crippen LogP contribution in [0.15, 0.2) is 12.1 Å². The van der Waals surface area contributed by atoms with Crippen LogP contribution in [0, 0.1) is 0 Å². The first-order valence-electron chi connectivity index (χ1n) is 6.54. The number of rotatable bonds is 5. The summed E-state index contributed by atoms with van der Waals surface area (Å²) in [6, 6.07) is 3.50.